The Labute approximate surface area is 180 Å². The first-order valence-corrected chi connectivity index (χ1v) is 10.2. The Hall–Kier alpha value is -3.21. The third kappa shape index (κ3) is 3.46. The maximum atomic E-state index is 14.2. The molecule has 0 radical (unpaired) electrons. The van der Waals surface area contributed by atoms with E-state index in [-0.39, 0.29) is 45.3 Å². The molecule has 3 N–H and O–H groups in total. The summed E-state index contributed by atoms with van der Waals surface area (Å²) in [6.45, 7) is 4.84. The zero-order valence-corrected chi connectivity index (χ0v) is 17.4. The number of hydrogen-bond acceptors (Lipinski definition) is 5. The van der Waals surface area contributed by atoms with Crippen LogP contribution >= 0.6 is 0 Å². The lowest BCUT2D eigenvalue weighted by atomic mass is 9.91. The number of piperidine rings is 1. The number of aromatic nitrogens is 5. The molecule has 1 aromatic carbocycles. The van der Waals surface area contributed by atoms with Crippen LogP contribution in [0, 0.1) is 5.82 Å². The highest BCUT2D eigenvalue weighted by molar-refractivity contribution is 5.93. The number of halogens is 4. The minimum absolute atomic E-state index is 0.00154. The molecule has 0 amide bonds. The molecule has 168 valence electrons. The van der Waals surface area contributed by atoms with Crippen molar-refractivity contribution in [3.63, 3.8) is 0 Å². The van der Waals surface area contributed by atoms with Crippen LogP contribution in [-0.4, -0.2) is 42.7 Å². The van der Waals surface area contributed by atoms with Crippen molar-refractivity contribution in [3.8, 4) is 11.4 Å². The zero-order valence-electron chi connectivity index (χ0n) is 17.4. The molecule has 1 saturated heterocycles. The number of hydrogen-bond donors (Lipinski definition) is 3. The fourth-order valence-corrected chi connectivity index (χ4v) is 4.15. The molecule has 5 rings (SSSR count). The van der Waals surface area contributed by atoms with E-state index in [0.29, 0.717) is 6.54 Å². The van der Waals surface area contributed by atoms with Crippen LogP contribution in [-0.2, 0) is 6.18 Å². The lowest BCUT2D eigenvalue weighted by molar-refractivity contribution is -0.141. The van der Waals surface area contributed by atoms with Gasteiger partial charge < -0.3 is 10.6 Å². The minimum Gasteiger partial charge on any atom is -0.363 e. The number of para-hydroxylation sites is 1. The Bertz CT molecular complexity index is 1290. The fourth-order valence-electron chi connectivity index (χ4n) is 4.15. The molecule has 1 aliphatic heterocycles. The molecule has 11 heteroatoms. The first kappa shape index (κ1) is 20.7. The topological polar surface area (TPSA) is 82.9 Å². The van der Waals surface area contributed by atoms with Crippen molar-refractivity contribution in [1.29, 1.82) is 0 Å². The number of imidazole rings is 1. The zero-order chi connectivity index (χ0) is 22.7. The van der Waals surface area contributed by atoms with Gasteiger partial charge in [0.05, 0.1) is 5.69 Å². The highest BCUT2D eigenvalue weighted by Crippen LogP contribution is 2.39. The van der Waals surface area contributed by atoms with Gasteiger partial charge in [0.1, 0.15) is 11.2 Å². The summed E-state index contributed by atoms with van der Waals surface area (Å²) in [5.41, 5.74) is -1.36. The average Bonchev–Trinajstić information content (AvgIpc) is 3.36. The molecule has 0 saturated carbocycles. The molecular formula is C21H21F4N7. The van der Waals surface area contributed by atoms with Crippen molar-refractivity contribution >= 4 is 22.4 Å². The highest BCUT2D eigenvalue weighted by Gasteiger charge is 2.40. The Morgan fingerprint density at radius 1 is 1.25 bits per heavy atom. The van der Waals surface area contributed by atoms with Gasteiger partial charge >= 0.3 is 6.18 Å². The van der Waals surface area contributed by atoms with Crippen LogP contribution in [0.4, 0.5) is 23.4 Å². The minimum atomic E-state index is -4.74. The summed E-state index contributed by atoms with van der Waals surface area (Å²) in [6, 6.07) is 4.11. The molecule has 1 unspecified atom stereocenters. The van der Waals surface area contributed by atoms with Crippen molar-refractivity contribution in [2.75, 3.05) is 11.9 Å². The van der Waals surface area contributed by atoms with E-state index in [1.54, 1.807) is 0 Å². The van der Waals surface area contributed by atoms with Crippen LogP contribution in [0.15, 0.2) is 30.6 Å². The molecule has 0 spiro atoms. The molecule has 4 aromatic rings. The number of fused-ring (bicyclic) bond motifs is 2. The van der Waals surface area contributed by atoms with E-state index in [0.717, 1.165) is 17.2 Å². The van der Waals surface area contributed by atoms with E-state index in [2.05, 4.69) is 44.6 Å². The Kier molecular flexibility index (Phi) is 4.63. The summed E-state index contributed by atoms with van der Waals surface area (Å²) in [7, 11) is 0. The van der Waals surface area contributed by atoms with Gasteiger partial charge in [0.25, 0.3) is 0 Å². The largest absolute Gasteiger partial charge is 0.434 e. The van der Waals surface area contributed by atoms with Crippen LogP contribution in [0.1, 0.15) is 32.4 Å². The first-order valence-electron chi connectivity index (χ1n) is 10.2. The van der Waals surface area contributed by atoms with E-state index in [1.165, 1.54) is 30.6 Å². The molecular weight excluding hydrogens is 426 g/mol. The number of alkyl halides is 3. The van der Waals surface area contributed by atoms with Gasteiger partial charge in [0.2, 0.25) is 0 Å². The quantitative estimate of drug-likeness (QED) is 0.406. The molecule has 3 aromatic heterocycles. The predicted molar refractivity (Wildman–Crippen MR) is 112 cm³/mol. The van der Waals surface area contributed by atoms with Crippen LogP contribution < -0.4 is 10.6 Å². The van der Waals surface area contributed by atoms with E-state index >= 15 is 0 Å². The van der Waals surface area contributed by atoms with Gasteiger partial charge in [0, 0.05) is 35.9 Å². The maximum Gasteiger partial charge on any atom is 0.434 e. The van der Waals surface area contributed by atoms with E-state index in [4.69, 9.17) is 0 Å². The van der Waals surface area contributed by atoms with Crippen LogP contribution in [0.2, 0.25) is 0 Å². The summed E-state index contributed by atoms with van der Waals surface area (Å²) in [4.78, 5) is 8.47. The van der Waals surface area contributed by atoms with E-state index < -0.39 is 17.7 Å². The molecule has 1 aliphatic rings. The SMILES string of the molecule is CC1(C)CCC(Nc2nc(-c3[nH]nc4c(F)cccc34)c(C(F)(F)F)n3ccnc23)CN1. The Morgan fingerprint density at radius 2 is 2.06 bits per heavy atom. The van der Waals surface area contributed by atoms with Crippen molar-refractivity contribution in [3.05, 3.63) is 42.1 Å². The average molecular weight is 447 g/mol. The molecule has 7 nitrogen and oxygen atoms in total. The van der Waals surface area contributed by atoms with Crippen molar-refractivity contribution in [2.24, 2.45) is 0 Å². The van der Waals surface area contributed by atoms with Crippen LogP contribution in [0.3, 0.4) is 0 Å². The number of nitrogens with zero attached hydrogens (tertiary/aromatic N) is 4. The summed E-state index contributed by atoms with van der Waals surface area (Å²) < 4.78 is 57.6. The highest BCUT2D eigenvalue weighted by atomic mass is 19.4. The normalized spacial score (nSPS) is 19.0. The van der Waals surface area contributed by atoms with Crippen molar-refractivity contribution in [2.45, 2.75) is 44.4 Å². The predicted octanol–water partition coefficient (Wildman–Crippen LogP) is 4.37. The van der Waals surface area contributed by atoms with Gasteiger partial charge in [-0.2, -0.15) is 18.3 Å². The smallest absolute Gasteiger partial charge is 0.363 e. The lowest BCUT2D eigenvalue weighted by Crippen LogP contribution is -2.50. The molecule has 1 fully saturated rings. The number of aromatic amines is 1. The van der Waals surface area contributed by atoms with Crippen LogP contribution in [0.5, 0.6) is 0 Å². The Morgan fingerprint density at radius 3 is 2.78 bits per heavy atom. The summed E-state index contributed by atoms with van der Waals surface area (Å²) >= 11 is 0. The fraction of sp³-hybridized carbons (Fsp3) is 0.381. The number of anilines is 1. The van der Waals surface area contributed by atoms with Gasteiger partial charge in [-0.25, -0.2) is 14.4 Å². The third-order valence-corrected chi connectivity index (χ3v) is 5.87. The van der Waals surface area contributed by atoms with Crippen molar-refractivity contribution < 1.29 is 17.6 Å². The van der Waals surface area contributed by atoms with Gasteiger partial charge in [-0.1, -0.05) is 12.1 Å². The lowest BCUT2D eigenvalue weighted by Gasteiger charge is -2.36. The summed E-state index contributed by atoms with van der Waals surface area (Å²) in [6.07, 6.45) is -0.471. The van der Waals surface area contributed by atoms with E-state index in [9.17, 15) is 17.6 Å². The summed E-state index contributed by atoms with van der Waals surface area (Å²) in [5.74, 6) is -0.403. The van der Waals surface area contributed by atoms with E-state index in [1.807, 2.05) is 0 Å². The monoisotopic (exact) mass is 447 g/mol. The number of benzene rings is 1. The molecule has 4 heterocycles. The second-order valence-electron chi connectivity index (χ2n) is 8.66. The molecule has 0 aliphatic carbocycles. The third-order valence-electron chi connectivity index (χ3n) is 5.87. The second kappa shape index (κ2) is 7.16. The second-order valence-corrected chi connectivity index (χ2v) is 8.66. The Balaban J connectivity index is 1.68. The molecule has 1 atom stereocenters. The standard InChI is InChI=1S/C21H21F4N7/c1-20(2)7-6-11(10-27-20)28-18-19-26-8-9-32(19)17(21(23,24)25)16(29-18)15-12-4-3-5-13(22)14(12)30-31-15/h3-5,8-9,11,27H,6-7,10H2,1-2H3,(H,28,29)(H,30,31). The first-order chi connectivity index (χ1) is 15.1. The van der Waals surface area contributed by atoms with Gasteiger partial charge in [0.15, 0.2) is 23.0 Å². The van der Waals surface area contributed by atoms with Gasteiger partial charge in [-0.15, -0.1) is 0 Å². The molecule has 0 bridgehead atoms. The van der Waals surface area contributed by atoms with Crippen LogP contribution in [0.25, 0.3) is 27.9 Å². The van der Waals surface area contributed by atoms with Gasteiger partial charge in [-0.3, -0.25) is 9.50 Å². The molecule has 32 heavy (non-hydrogen) atoms. The number of H-pyrrole nitrogens is 1. The maximum absolute atomic E-state index is 14.2. The summed E-state index contributed by atoms with van der Waals surface area (Å²) in [5, 5.41) is 13.3. The number of nitrogens with one attached hydrogen (secondary N) is 3. The van der Waals surface area contributed by atoms with Crippen molar-refractivity contribution in [1.82, 2.24) is 29.9 Å². The number of rotatable bonds is 3. The van der Waals surface area contributed by atoms with Gasteiger partial charge in [-0.05, 0) is 32.8 Å².